The fourth-order valence-corrected chi connectivity index (χ4v) is 4.21. The van der Waals surface area contributed by atoms with Gasteiger partial charge in [0.1, 0.15) is 11.5 Å². The number of carbonyl (C=O) groups excluding carboxylic acids is 2. The van der Waals surface area contributed by atoms with Gasteiger partial charge in [0.25, 0.3) is 11.7 Å². The minimum absolute atomic E-state index is 0.116. The topological polar surface area (TPSA) is 76.1 Å². The molecule has 1 aliphatic rings. The number of aliphatic hydroxyl groups excluding tert-OH is 1. The predicted molar refractivity (Wildman–Crippen MR) is 133 cm³/mol. The van der Waals surface area contributed by atoms with Crippen LogP contribution in [0.1, 0.15) is 61.4 Å². The summed E-state index contributed by atoms with van der Waals surface area (Å²) >= 11 is 0. The number of unbranched alkanes of at least 4 members (excludes halogenated alkanes) is 1. The van der Waals surface area contributed by atoms with E-state index in [1.165, 1.54) is 0 Å². The summed E-state index contributed by atoms with van der Waals surface area (Å²) in [6.07, 6.45) is 3.49. The molecule has 0 saturated carbocycles. The number of amides is 1. The first-order valence-electron chi connectivity index (χ1n) is 12.0. The van der Waals surface area contributed by atoms with Crippen LogP contribution in [-0.2, 0) is 20.7 Å². The van der Waals surface area contributed by atoms with E-state index in [2.05, 4.69) is 13.8 Å². The van der Waals surface area contributed by atoms with Gasteiger partial charge in [-0.1, -0.05) is 44.5 Å². The highest BCUT2D eigenvalue weighted by molar-refractivity contribution is 6.46. The van der Waals surface area contributed by atoms with Crippen LogP contribution in [0, 0.1) is 6.92 Å². The molecule has 0 radical (unpaired) electrons. The summed E-state index contributed by atoms with van der Waals surface area (Å²) in [6, 6.07) is 12.5. The van der Waals surface area contributed by atoms with E-state index >= 15 is 0 Å². The third kappa shape index (κ3) is 5.50. The molecule has 2 aromatic carbocycles. The van der Waals surface area contributed by atoms with Crippen molar-refractivity contribution in [3.05, 3.63) is 70.3 Å². The molecule has 2 aromatic rings. The Morgan fingerprint density at radius 1 is 1.03 bits per heavy atom. The van der Waals surface area contributed by atoms with Crippen LogP contribution in [0.5, 0.6) is 5.75 Å². The third-order valence-electron chi connectivity index (χ3n) is 6.19. The van der Waals surface area contributed by atoms with E-state index in [0.717, 1.165) is 41.7 Å². The molecule has 0 bridgehead atoms. The Bertz CT molecular complexity index is 1040. The average Bonchev–Trinajstić information content (AvgIpc) is 3.10. The molecule has 182 valence electrons. The second-order valence-corrected chi connectivity index (χ2v) is 8.62. The van der Waals surface area contributed by atoms with E-state index < -0.39 is 17.7 Å². The zero-order valence-electron chi connectivity index (χ0n) is 20.6. The number of hydrogen-bond donors (Lipinski definition) is 1. The maximum atomic E-state index is 13.1. The van der Waals surface area contributed by atoms with Gasteiger partial charge < -0.3 is 19.5 Å². The highest BCUT2D eigenvalue weighted by Crippen LogP contribution is 2.40. The number of carbonyl (C=O) groups is 2. The quantitative estimate of drug-likeness (QED) is 0.214. The maximum absolute atomic E-state index is 13.1. The number of hydrogen-bond acceptors (Lipinski definition) is 5. The summed E-state index contributed by atoms with van der Waals surface area (Å²) in [5.41, 5.74) is 3.43. The number of benzene rings is 2. The Balaban J connectivity index is 2.03. The van der Waals surface area contributed by atoms with E-state index in [0.29, 0.717) is 31.7 Å². The zero-order chi connectivity index (χ0) is 24.7. The number of nitrogens with zero attached hydrogens (tertiary/aromatic N) is 1. The van der Waals surface area contributed by atoms with E-state index in [1.54, 1.807) is 30.2 Å². The summed E-state index contributed by atoms with van der Waals surface area (Å²) < 4.78 is 11.0. The van der Waals surface area contributed by atoms with Gasteiger partial charge in [-0.15, -0.1) is 0 Å². The van der Waals surface area contributed by atoms with Crippen molar-refractivity contribution in [2.24, 2.45) is 0 Å². The van der Waals surface area contributed by atoms with Crippen molar-refractivity contribution in [1.82, 2.24) is 4.90 Å². The predicted octanol–water partition coefficient (Wildman–Crippen LogP) is 5.19. The van der Waals surface area contributed by atoms with Crippen LogP contribution in [0.4, 0.5) is 0 Å². The van der Waals surface area contributed by atoms with Crippen LogP contribution in [0.2, 0.25) is 0 Å². The van der Waals surface area contributed by atoms with Crippen LogP contribution in [0.15, 0.2) is 48.0 Å². The molecule has 6 heteroatoms. The third-order valence-corrected chi connectivity index (χ3v) is 6.19. The molecule has 1 atom stereocenters. The Morgan fingerprint density at radius 2 is 1.76 bits per heavy atom. The number of rotatable bonds is 11. The molecular weight excluding hydrogens is 430 g/mol. The first-order chi connectivity index (χ1) is 16.4. The van der Waals surface area contributed by atoms with Gasteiger partial charge in [0.05, 0.1) is 18.2 Å². The Morgan fingerprint density at radius 3 is 2.38 bits per heavy atom. The van der Waals surface area contributed by atoms with Crippen LogP contribution < -0.4 is 4.74 Å². The van der Waals surface area contributed by atoms with E-state index in [-0.39, 0.29) is 11.3 Å². The fourth-order valence-electron chi connectivity index (χ4n) is 4.21. The van der Waals surface area contributed by atoms with Crippen LogP contribution in [0.25, 0.3) is 5.76 Å². The van der Waals surface area contributed by atoms with Crippen LogP contribution >= 0.6 is 0 Å². The summed E-state index contributed by atoms with van der Waals surface area (Å²) in [6.45, 7) is 7.55. The molecule has 6 nitrogen and oxygen atoms in total. The second-order valence-electron chi connectivity index (χ2n) is 8.62. The molecule has 3 rings (SSSR count). The highest BCUT2D eigenvalue weighted by Gasteiger charge is 2.45. The van der Waals surface area contributed by atoms with Crippen molar-refractivity contribution in [3.8, 4) is 5.75 Å². The largest absolute Gasteiger partial charge is 0.507 e. The Kier molecular flexibility index (Phi) is 8.88. The number of Topliss-reactive ketones (excluding diaryl/α,β-unsaturated/α-hetero) is 1. The summed E-state index contributed by atoms with van der Waals surface area (Å²) in [5, 5.41) is 11.3. The van der Waals surface area contributed by atoms with Crippen molar-refractivity contribution in [1.29, 1.82) is 0 Å². The lowest BCUT2D eigenvalue weighted by atomic mass is 9.94. The van der Waals surface area contributed by atoms with Gasteiger partial charge in [0, 0.05) is 25.8 Å². The van der Waals surface area contributed by atoms with Gasteiger partial charge in [-0.3, -0.25) is 9.59 Å². The van der Waals surface area contributed by atoms with E-state index in [4.69, 9.17) is 9.47 Å². The first-order valence-corrected chi connectivity index (χ1v) is 12.0. The van der Waals surface area contributed by atoms with Gasteiger partial charge in [0.2, 0.25) is 0 Å². The molecular formula is C28H35NO5. The molecule has 1 aliphatic heterocycles. The summed E-state index contributed by atoms with van der Waals surface area (Å²) in [5.74, 6) is -0.684. The van der Waals surface area contributed by atoms with Crippen molar-refractivity contribution >= 4 is 17.4 Å². The number of ether oxygens (including phenoxy) is 2. The molecule has 0 aliphatic carbocycles. The molecule has 0 aromatic heterocycles. The van der Waals surface area contributed by atoms with Crippen LogP contribution in [0.3, 0.4) is 0 Å². The van der Waals surface area contributed by atoms with Crippen molar-refractivity contribution < 1.29 is 24.2 Å². The van der Waals surface area contributed by atoms with Gasteiger partial charge >= 0.3 is 0 Å². The lowest BCUT2D eigenvalue weighted by Crippen LogP contribution is -2.31. The van der Waals surface area contributed by atoms with Gasteiger partial charge in [-0.25, -0.2) is 0 Å². The molecule has 34 heavy (non-hydrogen) atoms. The molecule has 0 unspecified atom stereocenters. The van der Waals surface area contributed by atoms with Crippen molar-refractivity contribution in [2.75, 3.05) is 26.9 Å². The maximum Gasteiger partial charge on any atom is 0.295 e. The molecule has 0 spiro atoms. The van der Waals surface area contributed by atoms with Crippen molar-refractivity contribution in [2.45, 2.75) is 52.5 Å². The number of methoxy groups -OCH3 is 1. The number of aryl methyl sites for hydroxylation is 2. The van der Waals surface area contributed by atoms with E-state index in [9.17, 15) is 14.7 Å². The van der Waals surface area contributed by atoms with Gasteiger partial charge in [-0.05, 0) is 61.1 Å². The lowest BCUT2D eigenvalue weighted by molar-refractivity contribution is -0.140. The van der Waals surface area contributed by atoms with Gasteiger partial charge in [0.15, 0.2) is 0 Å². The SMILES string of the molecule is CCCCOc1ccc(C(O)=C2C(=O)C(=O)N(CCCOC)[C@H]2c2ccc(CC)cc2)cc1C. The summed E-state index contributed by atoms with van der Waals surface area (Å²) in [7, 11) is 1.60. The van der Waals surface area contributed by atoms with Crippen molar-refractivity contribution in [3.63, 3.8) is 0 Å². The Labute approximate surface area is 202 Å². The van der Waals surface area contributed by atoms with Gasteiger partial charge in [-0.2, -0.15) is 0 Å². The Hall–Kier alpha value is -3.12. The molecule has 1 heterocycles. The zero-order valence-corrected chi connectivity index (χ0v) is 20.6. The molecule has 1 fully saturated rings. The van der Waals surface area contributed by atoms with Crippen LogP contribution in [-0.4, -0.2) is 48.6 Å². The first kappa shape index (κ1) is 25.5. The molecule has 1 N–H and O–H groups in total. The van der Waals surface area contributed by atoms with E-state index in [1.807, 2.05) is 31.2 Å². The summed E-state index contributed by atoms with van der Waals surface area (Å²) in [4.78, 5) is 27.7. The standard InChI is InChI=1S/C28H35NO5/c1-5-7-17-34-23-14-13-22(18-19(23)3)26(30)24-25(21-11-9-20(6-2)10-12-21)29(15-8-16-33-4)28(32)27(24)31/h9-14,18,25,30H,5-8,15-17H2,1-4H3/t25-/m0/s1. The average molecular weight is 466 g/mol. The minimum atomic E-state index is -0.666. The minimum Gasteiger partial charge on any atom is -0.507 e. The molecule has 1 saturated heterocycles. The monoisotopic (exact) mass is 465 g/mol. The number of ketones is 1. The lowest BCUT2D eigenvalue weighted by Gasteiger charge is -2.25. The molecule has 1 amide bonds. The fraction of sp³-hybridized carbons (Fsp3) is 0.429. The second kappa shape index (κ2) is 11.8. The smallest absolute Gasteiger partial charge is 0.295 e. The number of aliphatic hydroxyl groups is 1. The highest BCUT2D eigenvalue weighted by atomic mass is 16.5. The number of likely N-dealkylation sites (tertiary alicyclic amines) is 1. The normalized spacial score (nSPS) is 17.4.